The molecule has 0 saturated carbocycles. The van der Waals surface area contributed by atoms with Crippen LogP contribution in [0.3, 0.4) is 0 Å². The second kappa shape index (κ2) is 5.13. The van der Waals surface area contributed by atoms with Crippen LogP contribution in [0.2, 0.25) is 0 Å². The first-order chi connectivity index (χ1) is 7.26. The van der Waals surface area contributed by atoms with Gasteiger partial charge in [-0.2, -0.15) is 0 Å². The number of methoxy groups -OCH3 is 3. The molecule has 0 bridgehead atoms. The van der Waals surface area contributed by atoms with Crippen molar-refractivity contribution in [2.45, 2.75) is 0 Å². The average molecular weight is 206 g/mol. The third-order valence-electron chi connectivity index (χ3n) is 1.96. The lowest BCUT2D eigenvalue weighted by Crippen LogP contribution is -1.95. The topological polar surface area (TPSA) is 27.7 Å². The quantitative estimate of drug-likeness (QED) is 0.708. The number of ether oxygens (including phenoxy) is 3. The van der Waals surface area contributed by atoms with Crippen LogP contribution < -0.4 is 14.2 Å². The van der Waals surface area contributed by atoms with Crippen molar-refractivity contribution in [3.05, 3.63) is 30.0 Å². The van der Waals surface area contributed by atoms with Crippen molar-refractivity contribution in [2.24, 2.45) is 0 Å². The molecule has 1 rings (SSSR count). The fourth-order valence-corrected chi connectivity index (χ4v) is 1.30. The fourth-order valence-electron chi connectivity index (χ4n) is 1.30. The second-order valence-electron chi connectivity index (χ2n) is 2.81. The van der Waals surface area contributed by atoms with Gasteiger partial charge in [-0.15, -0.1) is 5.73 Å². The van der Waals surface area contributed by atoms with E-state index in [-0.39, 0.29) is 0 Å². The molecule has 0 spiro atoms. The summed E-state index contributed by atoms with van der Waals surface area (Å²) < 4.78 is 15.6. The molecule has 1 aromatic rings. The van der Waals surface area contributed by atoms with Crippen molar-refractivity contribution in [2.75, 3.05) is 21.3 Å². The zero-order valence-corrected chi connectivity index (χ0v) is 9.16. The van der Waals surface area contributed by atoms with Crippen LogP contribution in [0.25, 0.3) is 6.08 Å². The molecule has 0 aromatic heterocycles. The zero-order valence-electron chi connectivity index (χ0n) is 9.16. The lowest BCUT2D eigenvalue weighted by atomic mass is 10.2. The lowest BCUT2D eigenvalue weighted by molar-refractivity contribution is 0.324. The number of benzene rings is 1. The second-order valence-corrected chi connectivity index (χ2v) is 2.81. The Morgan fingerprint density at radius 2 is 1.60 bits per heavy atom. The molecule has 0 atom stereocenters. The largest absolute Gasteiger partial charge is 0.493 e. The number of hydrogen-bond donors (Lipinski definition) is 0. The van der Waals surface area contributed by atoms with E-state index in [1.54, 1.807) is 27.4 Å². The standard InChI is InChI=1S/C12H14O3/c1-5-6-9-7-10(13-2)12(15-4)11(8-9)14-3/h6-8H,1H2,2-4H3. The van der Waals surface area contributed by atoms with Crippen LogP contribution in [0, 0.1) is 0 Å². The zero-order chi connectivity index (χ0) is 11.3. The van der Waals surface area contributed by atoms with E-state index in [1.807, 2.05) is 12.1 Å². The highest BCUT2D eigenvalue weighted by Crippen LogP contribution is 2.38. The van der Waals surface area contributed by atoms with Crippen LogP contribution in [0.15, 0.2) is 24.4 Å². The Morgan fingerprint density at radius 3 is 1.93 bits per heavy atom. The van der Waals surface area contributed by atoms with Gasteiger partial charge in [0.25, 0.3) is 0 Å². The van der Waals surface area contributed by atoms with Gasteiger partial charge in [-0.3, -0.25) is 0 Å². The van der Waals surface area contributed by atoms with Crippen LogP contribution in [-0.4, -0.2) is 21.3 Å². The molecule has 0 radical (unpaired) electrons. The minimum atomic E-state index is 0.584. The molecule has 3 nitrogen and oxygen atoms in total. The summed E-state index contributed by atoms with van der Waals surface area (Å²) in [7, 11) is 4.74. The predicted octanol–water partition coefficient (Wildman–Crippen LogP) is 2.51. The molecule has 0 heterocycles. The SMILES string of the molecule is C=C=Cc1cc(OC)c(OC)c(OC)c1. The Kier molecular flexibility index (Phi) is 3.83. The Morgan fingerprint density at radius 1 is 1.07 bits per heavy atom. The highest BCUT2D eigenvalue weighted by atomic mass is 16.5. The van der Waals surface area contributed by atoms with Crippen LogP contribution in [0.4, 0.5) is 0 Å². The number of rotatable bonds is 4. The summed E-state index contributed by atoms with van der Waals surface area (Å²) in [6.07, 6.45) is 1.74. The van der Waals surface area contributed by atoms with Crippen molar-refractivity contribution >= 4 is 6.08 Å². The van der Waals surface area contributed by atoms with E-state index >= 15 is 0 Å². The molecule has 0 unspecified atom stereocenters. The van der Waals surface area contributed by atoms with Crippen molar-refractivity contribution in [1.29, 1.82) is 0 Å². The first kappa shape index (κ1) is 11.2. The van der Waals surface area contributed by atoms with Gasteiger partial charge < -0.3 is 14.2 Å². The Balaban J connectivity index is 3.34. The summed E-state index contributed by atoms with van der Waals surface area (Å²) in [6.45, 7) is 3.52. The van der Waals surface area contributed by atoms with Crippen LogP contribution in [-0.2, 0) is 0 Å². The van der Waals surface area contributed by atoms with Crippen molar-refractivity contribution < 1.29 is 14.2 Å². The van der Waals surface area contributed by atoms with Crippen LogP contribution >= 0.6 is 0 Å². The van der Waals surface area contributed by atoms with E-state index in [0.717, 1.165) is 5.56 Å². The van der Waals surface area contributed by atoms with Gasteiger partial charge in [-0.05, 0) is 23.8 Å². The van der Waals surface area contributed by atoms with Gasteiger partial charge in [-0.1, -0.05) is 6.58 Å². The fraction of sp³-hybridized carbons (Fsp3) is 0.250. The van der Waals surface area contributed by atoms with E-state index < -0.39 is 0 Å². The monoisotopic (exact) mass is 206 g/mol. The molecule has 0 fully saturated rings. The van der Waals surface area contributed by atoms with E-state index in [9.17, 15) is 0 Å². The summed E-state index contributed by atoms with van der Waals surface area (Å²) in [4.78, 5) is 0. The first-order valence-corrected chi connectivity index (χ1v) is 4.42. The summed E-state index contributed by atoms with van der Waals surface area (Å²) in [5.41, 5.74) is 3.60. The molecule has 0 aliphatic rings. The highest BCUT2D eigenvalue weighted by molar-refractivity contribution is 5.61. The Bertz CT molecular complexity index is 365. The molecule has 0 N–H and O–H groups in total. The lowest BCUT2D eigenvalue weighted by Gasteiger charge is -2.12. The van der Waals surface area contributed by atoms with Gasteiger partial charge in [0.05, 0.1) is 21.3 Å². The predicted molar refractivity (Wildman–Crippen MR) is 59.7 cm³/mol. The van der Waals surface area contributed by atoms with E-state index in [1.165, 1.54) is 0 Å². The van der Waals surface area contributed by atoms with Crippen molar-refractivity contribution in [3.8, 4) is 17.2 Å². The first-order valence-electron chi connectivity index (χ1n) is 4.42. The molecular formula is C12H14O3. The summed E-state index contributed by atoms with van der Waals surface area (Å²) in [5.74, 6) is 1.83. The van der Waals surface area contributed by atoms with E-state index in [2.05, 4.69) is 12.3 Å². The normalized spacial score (nSPS) is 9.00. The molecule has 0 saturated heterocycles. The average Bonchev–Trinajstić information content (AvgIpc) is 2.28. The summed E-state index contributed by atoms with van der Waals surface area (Å²) in [5, 5.41) is 0. The summed E-state index contributed by atoms with van der Waals surface area (Å²) in [6, 6.07) is 3.67. The van der Waals surface area contributed by atoms with Gasteiger partial charge in [0.1, 0.15) is 0 Å². The van der Waals surface area contributed by atoms with Crippen molar-refractivity contribution in [1.82, 2.24) is 0 Å². The smallest absolute Gasteiger partial charge is 0.203 e. The van der Waals surface area contributed by atoms with Gasteiger partial charge in [0, 0.05) is 0 Å². The molecule has 0 aliphatic carbocycles. The molecule has 80 valence electrons. The van der Waals surface area contributed by atoms with E-state index in [4.69, 9.17) is 14.2 Å². The molecule has 0 aliphatic heterocycles. The maximum Gasteiger partial charge on any atom is 0.203 e. The van der Waals surface area contributed by atoms with Gasteiger partial charge in [-0.25, -0.2) is 0 Å². The maximum atomic E-state index is 5.19. The molecule has 1 aromatic carbocycles. The maximum absolute atomic E-state index is 5.19. The van der Waals surface area contributed by atoms with Crippen LogP contribution in [0.5, 0.6) is 17.2 Å². The molecule has 15 heavy (non-hydrogen) atoms. The summed E-state index contributed by atoms with van der Waals surface area (Å²) >= 11 is 0. The molecular weight excluding hydrogens is 192 g/mol. The molecule has 3 heteroatoms. The highest BCUT2D eigenvalue weighted by Gasteiger charge is 2.11. The molecule has 0 amide bonds. The van der Waals surface area contributed by atoms with Gasteiger partial charge in [0.15, 0.2) is 11.5 Å². The Hall–Kier alpha value is -1.86. The van der Waals surface area contributed by atoms with Gasteiger partial charge >= 0.3 is 0 Å². The minimum absolute atomic E-state index is 0.584. The number of hydrogen-bond acceptors (Lipinski definition) is 3. The third-order valence-corrected chi connectivity index (χ3v) is 1.96. The van der Waals surface area contributed by atoms with Gasteiger partial charge in [0.2, 0.25) is 5.75 Å². The third kappa shape index (κ3) is 2.33. The minimum Gasteiger partial charge on any atom is -0.493 e. The Labute approximate surface area is 89.6 Å². The van der Waals surface area contributed by atoms with E-state index in [0.29, 0.717) is 17.2 Å². The van der Waals surface area contributed by atoms with Crippen LogP contribution in [0.1, 0.15) is 5.56 Å². The van der Waals surface area contributed by atoms with Crippen molar-refractivity contribution in [3.63, 3.8) is 0 Å².